The number of hydrogen-bond acceptors (Lipinski definition) is 2. The van der Waals surface area contributed by atoms with Crippen molar-refractivity contribution >= 4 is 21.9 Å². The fourth-order valence-electron chi connectivity index (χ4n) is 4.06. The predicted molar refractivity (Wildman–Crippen MR) is 98.3 cm³/mol. The fraction of sp³-hybridized carbons (Fsp3) is 0.227. The van der Waals surface area contributed by atoms with Gasteiger partial charge in [0.05, 0.1) is 5.69 Å². The van der Waals surface area contributed by atoms with Gasteiger partial charge < -0.3 is 4.42 Å². The van der Waals surface area contributed by atoms with Crippen molar-refractivity contribution in [2.45, 2.75) is 32.6 Å². The van der Waals surface area contributed by atoms with E-state index in [1.54, 1.807) is 0 Å². The maximum Gasteiger partial charge on any atom is 0.135 e. The molecule has 1 aliphatic rings. The third-order valence-corrected chi connectivity index (χ3v) is 5.25. The van der Waals surface area contributed by atoms with Gasteiger partial charge in [-0.25, -0.2) is 0 Å². The third kappa shape index (κ3) is 1.99. The Kier molecular flexibility index (Phi) is 2.99. The Balaban J connectivity index is 1.78. The molecule has 2 aromatic carbocycles. The first-order valence-electron chi connectivity index (χ1n) is 8.70. The lowest BCUT2D eigenvalue weighted by molar-refractivity contribution is 0.669. The van der Waals surface area contributed by atoms with Crippen LogP contribution in [0.1, 0.15) is 29.5 Å². The standard InChI is InChI=1S/C22H19NO/c1-14-5-4-8-20-21(14)18-13-16(9-10-19(18)24-20)22-17-7-3-2-6-15(17)11-12-23-22/h4-5,8-13H,2-3,6-7H2,1H3. The molecule has 0 bridgehead atoms. The number of nitrogens with zero attached hydrogens (tertiary/aromatic N) is 1. The Hall–Kier alpha value is -2.61. The molecule has 0 saturated heterocycles. The SMILES string of the molecule is Cc1cccc2oc3ccc(-c4nccc5c4CCCC5)cc3c12. The maximum atomic E-state index is 6.02. The molecule has 118 valence electrons. The van der Waals surface area contributed by atoms with Gasteiger partial charge in [0.1, 0.15) is 11.2 Å². The van der Waals surface area contributed by atoms with Gasteiger partial charge in [-0.2, -0.15) is 0 Å². The van der Waals surface area contributed by atoms with E-state index in [0.29, 0.717) is 0 Å². The molecule has 2 heterocycles. The van der Waals surface area contributed by atoms with Crippen molar-refractivity contribution in [1.82, 2.24) is 4.98 Å². The van der Waals surface area contributed by atoms with Gasteiger partial charge in [0, 0.05) is 22.5 Å². The van der Waals surface area contributed by atoms with Crippen LogP contribution in [0.3, 0.4) is 0 Å². The fourth-order valence-corrected chi connectivity index (χ4v) is 4.06. The van der Waals surface area contributed by atoms with E-state index in [1.165, 1.54) is 52.3 Å². The van der Waals surface area contributed by atoms with E-state index in [4.69, 9.17) is 9.40 Å². The summed E-state index contributed by atoms with van der Waals surface area (Å²) in [4.78, 5) is 4.73. The van der Waals surface area contributed by atoms with E-state index in [1.807, 2.05) is 12.3 Å². The van der Waals surface area contributed by atoms with Crippen LogP contribution in [-0.4, -0.2) is 4.98 Å². The minimum absolute atomic E-state index is 0.952. The molecule has 4 aromatic rings. The van der Waals surface area contributed by atoms with Gasteiger partial charge in [-0.05, 0) is 79.6 Å². The normalized spacial score (nSPS) is 14.2. The van der Waals surface area contributed by atoms with Gasteiger partial charge >= 0.3 is 0 Å². The Bertz CT molecular complexity index is 1070. The molecule has 0 amide bonds. The van der Waals surface area contributed by atoms with Crippen LogP contribution in [0.5, 0.6) is 0 Å². The molecule has 0 radical (unpaired) electrons. The summed E-state index contributed by atoms with van der Waals surface area (Å²) in [6.45, 7) is 2.15. The van der Waals surface area contributed by atoms with Crippen LogP contribution in [0.15, 0.2) is 53.1 Å². The second kappa shape index (κ2) is 5.20. The quantitative estimate of drug-likeness (QED) is 0.441. The Morgan fingerprint density at radius 2 is 1.88 bits per heavy atom. The summed E-state index contributed by atoms with van der Waals surface area (Å²) >= 11 is 0. The average Bonchev–Trinajstić information content (AvgIpc) is 3.00. The molecular weight excluding hydrogens is 294 g/mol. The van der Waals surface area contributed by atoms with E-state index < -0.39 is 0 Å². The van der Waals surface area contributed by atoms with Crippen molar-refractivity contribution in [3.8, 4) is 11.3 Å². The number of benzene rings is 2. The first-order chi connectivity index (χ1) is 11.8. The van der Waals surface area contributed by atoms with Gasteiger partial charge in [0.25, 0.3) is 0 Å². The van der Waals surface area contributed by atoms with Crippen molar-refractivity contribution in [1.29, 1.82) is 0 Å². The molecule has 0 unspecified atom stereocenters. The summed E-state index contributed by atoms with van der Waals surface area (Å²) in [6.07, 6.45) is 6.84. The maximum absolute atomic E-state index is 6.02. The van der Waals surface area contributed by atoms with Gasteiger partial charge in [0.15, 0.2) is 0 Å². The zero-order chi connectivity index (χ0) is 16.1. The van der Waals surface area contributed by atoms with Crippen molar-refractivity contribution < 1.29 is 4.42 Å². The summed E-state index contributed by atoms with van der Waals surface area (Å²) in [7, 11) is 0. The number of aromatic nitrogens is 1. The lowest BCUT2D eigenvalue weighted by Gasteiger charge is -2.18. The molecule has 5 rings (SSSR count). The van der Waals surface area contributed by atoms with Crippen LogP contribution < -0.4 is 0 Å². The smallest absolute Gasteiger partial charge is 0.135 e. The zero-order valence-electron chi connectivity index (χ0n) is 13.8. The van der Waals surface area contributed by atoms with Gasteiger partial charge in [-0.1, -0.05) is 12.1 Å². The number of hydrogen-bond donors (Lipinski definition) is 0. The second-order valence-corrected chi connectivity index (χ2v) is 6.77. The Morgan fingerprint density at radius 3 is 2.83 bits per heavy atom. The molecule has 1 aliphatic carbocycles. The Labute approximate surface area is 141 Å². The number of rotatable bonds is 1. The van der Waals surface area contributed by atoms with E-state index in [-0.39, 0.29) is 0 Å². The number of pyridine rings is 1. The molecule has 0 saturated carbocycles. The lowest BCUT2D eigenvalue weighted by Crippen LogP contribution is -2.05. The lowest BCUT2D eigenvalue weighted by atomic mass is 9.89. The number of fused-ring (bicyclic) bond motifs is 4. The minimum atomic E-state index is 0.952. The van der Waals surface area contributed by atoms with Crippen LogP contribution in [0, 0.1) is 6.92 Å². The molecule has 2 nitrogen and oxygen atoms in total. The molecule has 0 aliphatic heterocycles. The molecule has 0 N–H and O–H groups in total. The van der Waals surface area contributed by atoms with Crippen LogP contribution in [0.4, 0.5) is 0 Å². The molecule has 2 heteroatoms. The second-order valence-electron chi connectivity index (χ2n) is 6.77. The highest BCUT2D eigenvalue weighted by Gasteiger charge is 2.17. The predicted octanol–water partition coefficient (Wildman–Crippen LogP) is 5.84. The zero-order valence-corrected chi connectivity index (χ0v) is 13.8. The van der Waals surface area contributed by atoms with Crippen molar-refractivity contribution in [3.05, 3.63) is 65.4 Å². The Morgan fingerprint density at radius 1 is 0.958 bits per heavy atom. The van der Waals surface area contributed by atoms with Crippen molar-refractivity contribution in [2.24, 2.45) is 0 Å². The highest BCUT2D eigenvalue weighted by Crippen LogP contribution is 2.36. The van der Waals surface area contributed by atoms with Gasteiger partial charge in [0.2, 0.25) is 0 Å². The van der Waals surface area contributed by atoms with Crippen LogP contribution >= 0.6 is 0 Å². The summed E-state index contributed by atoms with van der Waals surface area (Å²) < 4.78 is 6.02. The first-order valence-corrected chi connectivity index (χ1v) is 8.70. The van der Waals surface area contributed by atoms with Crippen LogP contribution in [0.25, 0.3) is 33.2 Å². The third-order valence-electron chi connectivity index (χ3n) is 5.25. The van der Waals surface area contributed by atoms with Gasteiger partial charge in [-0.3, -0.25) is 4.98 Å². The van der Waals surface area contributed by atoms with E-state index in [0.717, 1.165) is 23.3 Å². The molecular formula is C22H19NO. The summed E-state index contributed by atoms with van der Waals surface area (Å²) in [5, 5.41) is 2.41. The van der Waals surface area contributed by atoms with Crippen LogP contribution in [0.2, 0.25) is 0 Å². The molecule has 0 atom stereocenters. The topological polar surface area (TPSA) is 26.0 Å². The molecule has 0 fully saturated rings. The summed E-state index contributed by atoms with van der Waals surface area (Å²) in [5.74, 6) is 0. The van der Waals surface area contributed by atoms with Crippen molar-refractivity contribution in [2.75, 3.05) is 0 Å². The largest absolute Gasteiger partial charge is 0.456 e. The molecule has 0 spiro atoms. The highest BCUT2D eigenvalue weighted by atomic mass is 16.3. The van der Waals surface area contributed by atoms with Gasteiger partial charge in [-0.15, -0.1) is 0 Å². The van der Waals surface area contributed by atoms with E-state index in [9.17, 15) is 0 Å². The molecule has 2 aromatic heterocycles. The highest BCUT2D eigenvalue weighted by molar-refractivity contribution is 6.07. The minimum Gasteiger partial charge on any atom is -0.456 e. The number of furan rings is 1. The van der Waals surface area contributed by atoms with E-state index in [2.05, 4.69) is 43.3 Å². The van der Waals surface area contributed by atoms with Crippen molar-refractivity contribution in [3.63, 3.8) is 0 Å². The monoisotopic (exact) mass is 313 g/mol. The van der Waals surface area contributed by atoms with Crippen LogP contribution in [-0.2, 0) is 12.8 Å². The average molecular weight is 313 g/mol. The first kappa shape index (κ1) is 13.8. The summed E-state index contributed by atoms with van der Waals surface area (Å²) in [5.41, 5.74) is 8.43. The summed E-state index contributed by atoms with van der Waals surface area (Å²) in [6, 6.07) is 14.9. The molecule has 24 heavy (non-hydrogen) atoms. The number of aryl methyl sites for hydroxylation is 2. The van der Waals surface area contributed by atoms with E-state index >= 15 is 0 Å².